The summed E-state index contributed by atoms with van der Waals surface area (Å²) in [5.41, 5.74) is 0.455. The van der Waals surface area contributed by atoms with Gasteiger partial charge in [0.2, 0.25) is 0 Å². The van der Waals surface area contributed by atoms with Gasteiger partial charge in [0.05, 0.1) is 22.5 Å². The van der Waals surface area contributed by atoms with Crippen molar-refractivity contribution in [3.05, 3.63) is 40.8 Å². The quantitative estimate of drug-likeness (QED) is 0.905. The van der Waals surface area contributed by atoms with Gasteiger partial charge in [-0.25, -0.2) is 4.98 Å². The summed E-state index contributed by atoms with van der Waals surface area (Å²) in [5.74, 6) is 0.495. The van der Waals surface area contributed by atoms with Crippen LogP contribution >= 0.6 is 11.6 Å². The van der Waals surface area contributed by atoms with Crippen LogP contribution in [0.4, 0.5) is 5.69 Å². The van der Waals surface area contributed by atoms with Crippen molar-refractivity contribution in [2.45, 2.75) is 11.9 Å². The second-order valence-corrected chi connectivity index (χ2v) is 5.80. The number of nitrogens with zero attached hydrogens (tertiary/aromatic N) is 2. The number of sulfonamides is 1. The number of nitriles is 1. The number of hydrogen-bond donors (Lipinski definition) is 2. The highest BCUT2D eigenvalue weighted by atomic mass is 35.5. The van der Waals surface area contributed by atoms with Crippen LogP contribution in [0.3, 0.4) is 0 Å². The first kappa shape index (κ1) is 13.4. The van der Waals surface area contributed by atoms with E-state index in [1.54, 1.807) is 6.92 Å². The van der Waals surface area contributed by atoms with E-state index in [2.05, 4.69) is 14.7 Å². The van der Waals surface area contributed by atoms with E-state index in [0.29, 0.717) is 5.82 Å². The van der Waals surface area contributed by atoms with Crippen LogP contribution in [0, 0.1) is 18.3 Å². The van der Waals surface area contributed by atoms with Crippen LogP contribution in [0.15, 0.2) is 29.4 Å². The molecule has 0 saturated heterocycles. The van der Waals surface area contributed by atoms with Gasteiger partial charge in [-0.1, -0.05) is 11.6 Å². The molecule has 1 aromatic carbocycles. The zero-order chi connectivity index (χ0) is 14.0. The molecule has 0 fully saturated rings. The highest BCUT2D eigenvalue weighted by Crippen LogP contribution is 2.21. The standard InChI is InChI=1S/C11H9ClN4O2S/c1-7-14-6-11(15-7)19(17,18)16-9-2-3-10(12)8(4-9)5-13/h2-4,6,16H,1H3,(H,14,15). The second kappa shape index (κ2) is 4.91. The molecule has 0 unspecified atom stereocenters. The third-order valence-corrected chi connectivity index (χ3v) is 3.93. The molecule has 2 N–H and O–H groups in total. The average molecular weight is 297 g/mol. The summed E-state index contributed by atoms with van der Waals surface area (Å²) in [5, 5.41) is 9.06. The van der Waals surface area contributed by atoms with E-state index in [9.17, 15) is 8.42 Å². The number of imidazole rings is 1. The summed E-state index contributed by atoms with van der Waals surface area (Å²) in [4.78, 5) is 6.45. The lowest BCUT2D eigenvalue weighted by Gasteiger charge is -2.06. The van der Waals surface area contributed by atoms with Gasteiger partial charge in [-0.2, -0.15) is 13.7 Å². The summed E-state index contributed by atoms with van der Waals surface area (Å²) < 4.78 is 26.3. The Hall–Kier alpha value is -2.04. The van der Waals surface area contributed by atoms with Crippen molar-refractivity contribution in [1.29, 1.82) is 5.26 Å². The highest BCUT2D eigenvalue weighted by molar-refractivity contribution is 7.92. The summed E-state index contributed by atoms with van der Waals surface area (Å²) in [6.45, 7) is 1.65. The molecule has 0 bridgehead atoms. The third kappa shape index (κ3) is 2.86. The average Bonchev–Trinajstić information content (AvgIpc) is 2.79. The van der Waals surface area contributed by atoms with Gasteiger partial charge in [-0.05, 0) is 25.1 Å². The van der Waals surface area contributed by atoms with Gasteiger partial charge in [0.25, 0.3) is 10.0 Å². The maximum Gasteiger partial charge on any atom is 0.278 e. The second-order valence-electron chi connectivity index (χ2n) is 3.74. The number of rotatable bonds is 3. The minimum atomic E-state index is -3.75. The molecule has 0 aliphatic rings. The van der Waals surface area contributed by atoms with Crippen LogP contribution in [-0.4, -0.2) is 18.4 Å². The number of aromatic nitrogens is 2. The molecular weight excluding hydrogens is 288 g/mol. The topological polar surface area (TPSA) is 98.6 Å². The van der Waals surface area contributed by atoms with E-state index in [1.807, 2.05) is 6.07 Å². The normalized spacial score (nSPS) is 11.0. The van der Waals surface area contributed by atoms with Crippen molar-refractivity contribution in [1.82, 2.24) is 9.97 Å². The number of hydrogen-bond acceptors (Lipinski definition) is 4. The zero-order valence-electron chi connectivity index (χ0n) is 9.81. The van der Waals surface area contributed by atoms with E-state index in [1.165, 1.54) is 24.4 Å². The minimum Gasteiger partial charge on any atom is -0.332 e. The molecule has 0 aliphatic heterocycles. The van der Waals surface area contributed by atoms with Gasteiger partial charge in [0, 0.05) is 0 Å². The number of anilines is 1. The summed E-state index contributed by atoms with van der Waals surface area (Å²) >= 11 is 5.77. The Bertz CT molecular complexity index is 761. The maximum absolute atomic E-state index is 12.0. The number of benzene rings is 1. The fraction of sp³-hybridized carbons (Fsp3) is 0.0909. The fourth-order valence-corrected chi connectivity index (χ4v) is 2.60. The van der Waals surface area contributed by atoms with Crippen LogP contribution in [0.2, 0.25) is 5.02 Å². The van der Waals surface area contributed by atoms with Crippen molar-refractivity contribution in [3.63, 3.8) is 0 Å². The molecule has 0 saturated carbocycles. The van der Waals surface area contributed by atoms with Crippen molar-refractivity contribution in [2.24, 2.45) is 0 Å². The van der Waals surface area contributed by atoms with Crippen LogP contribution in [0.5, 0.6) is 0 Å². The predicted molar refractivity (Wildman–Crippen MR) is 70.3 cm³/mol. The highest BCUT2D eigenvalue weighted by Gasteiger charge is 2.17. The number of aromatic amines is 1. The van der Waals surface area contributed by atoms with Crippen LogP contribution in [-0.2, 0) is 10.0 Å². The van der Waals surface area contributed by atoms with Crippen LogP contribution in [0.25, 0.3) is 0 Å². The van der Waals surface area contributed by atoms with Crippen LogP contribution < -0.4 is 4.72 Å². The zero-order valence-corrected chi connectivity index (χ0v) is 11.4. The first-order valence-corrected chi connectivity index (χ1v) is 7.02. The molecule has 0 aliphatic carbocycles. The Morgan fingerprint density at radius 1 is 1.47 bits per heavy atom. The van der Waals surface area contributed by atoms with Crippen molar-refractivity contribution >= 4 is 27.3 Å². The van der Waals surface area contributed by atoms with E-state index < -0.39 is 10.0 Å². The minimum absolute atomic E-state index is 0.0431. The van der Waals surface area contributed by atoms with Gasteiger partial charge in [0.1, 0.15) is 11.9 Å². The van der Waals surface area contributed by atoms with Crippen molar-refractivity contribution < 1.29 is 8.42 Å². The summed E-state index contributed by atoms with van der Waals surface area (Å²) in [7, 11) is -3.75. The van der Waals surface area contributed by atoms with Gasteiger partial charge in [0.15, 0.2) is 5.03 Å². The summed E-state index contributed by atoms with van der Waals surface area (Å²) in [6.07, 6.45) is 1.22. The van der Waals surface area contributed by atoms with E-state index in [0.717, 1.165) is 0 Å². The van der Waals surface area contributed by atoms with Crippen LogP contribution in [0.1, 0.15) is 11.4 Å². The van der Waals surface area contributed by atoms with Crippen molar-refractivity contribution in [2.75, 3.05) is 4.72 Å². The van der Waals surface area contributed by atoms with Gasteiger partial charge in [-0.15, -0.1) is 0 Å². The molecule has 19 heavy (non-hydrogen) atoms. The number of nitrogens with one attached hydrogen (secondary N) is 2. The van der Waals surface area contributed by atoms with Gasteiger partial charge >= 0.3 is 0 Å². The lowest BCUT2D eigenvalue weighted by atomic mass is 10.2. The third-order valence-electron chi connectivity index (χ3n) is 2.31. The molecule has 6 nitrogen and oxygen atoms in total. The fourth-order valence-electron chi connectivity index (χ4n) is 1.42. The first-order chi connectivity index (χ1) is 8.92. The molecule has 2 rings (SSSR count). The number of H-pyrrole nitrogens is 1. The Balaban J connectivity index is 2.34. The largest absolute Gasteiger partial charge is 0.332 e. The van der Waals surface area contributed by atoms with Gasteiger partial charge in [-0.3, -0.25) is 4.72 Å². The van der Waals surface area contributed by atoms with Gasteiger partial charge < -0.3 is 4.98 Å². The molecule has 1 aromatic heterocycles. The molecule has 8 heteroatoms. The lowest BCUT2D eigenvalue weighted by Crippen LogP contribution is -2.13. The Morgan fingerprint density at radius 3 is 2.79 bits per heavy atom. The molecule has 0 spiro atoms. The van der Waals surface area contributed by atoms with E-state index in [-0.39, 0.29) is 21.3 Å². The molecular formula is C11H9ClN4O2S. The predicted octanol–water partition coefficient (Wildman–Crippen LogP) is 2.04. The molecule has 0 atom stereocenters. The summed E-state index contributed by atoms with van der Waals surface area (Å²) in [6, 6.07) is 6.17. The molecule has 98 valence electrons. The Labute approximate surface area is 115 Å². The smallest absolute Gasteiger partial charge is 0.278 e. The van der Waals surface area contributed by atoms with Crippen molar-refractivity contribution in [3.8, 4) is 6.07 Å². The van der Waals surface area contributed by atoms with E-state index >= 15 is 0 Å². The van der Waals surface area contributed by atoms with E-state index in [4.69, 9.17) is 16.9 Å². The lowest BCUT2D eigenvalue weighted by molar-refractivity contribution is 0.598. The Kier molecular flexibility index (Phi) is 3.46. The SMILES string of the molecule is Cc1ncc(S(=O)(=O)Nc2ccc(Cl)c(C#N)c2)[nH]1. The maximum atomic E-state index is 12.0. The Morgan fingerprint density at radius 2 is 2.21 bits per heavy atom. The molecule has 1 heterocycles. The molecule has 0 amide bonds. The number of aryl methyl sites for hydroxylation is 1. The monoisotopic (exact) mass is 296 g/mol. The number of halogens is 1. The molecule has 0 radical (unpaired) electrons. The first-order valence-electron chi connectivity index (χ1n) is 5.16. The molecule has 2 aromatic rings.